The Morgan fingerprint density at radius 3 is 2.65 bits per heavy atom. The number of nitrogens with zero attached hydrogens (tertiary/aromatic N) is 1. The monoisotopic (exact) mass is 345 g/mol. The molecule has 3 rings (SSSR count). The number of halogens is 1. The molecule has 4 heteroatoms. The molecule has 0 radical (unpaired) electrons. The number of hydrogen-bond acceptors (Lipinski definition) is 2. The fourth-order valence-electron chi connectivity index (χ4n) is 2.32. The van der Waals surface area contributed by atoms with Crippen LogP contribution in [0.2, 0.25) is 0 Å². The van der Waals surface area contributed by atoms with Gasteiger partial charge in [-0.3, -0.25) is 0 Å². The lowest BCUT2D eigenvalue weighted by atomic mass is 9.99. The molecule has 0 amide bonds. The molecular weight excluding hydrogens is 334 g/mol. The summed E-state index contributed by atoms with van der Waals surface area (Å²) in [7, 11) is 0. The Labute approximate surface area is 129 Å². The van der Waals surface area contributed by atoms with Gasteiger partial charge in [-0.2, -0.15) is 0 Å². The molecule has 0 bridgehead atoms. The molecule has 0 N–H and O–H groups in total. The zero-order valence-corrected chi connectivity index (χ0v) is 13.2. The summed E-state index contributed by atoms with van der Waals surface area (Å²) in [6.45, 7) is 0. The third-order valence-electron chi connectivity index (χ3n) is 3.16. The number of rotatable bonds is 2. The summed E-state index contributed by atoms with van der Waals surface area (Å²) in [6, 6.07) is 16.2. The Morgan fingerprint density at radius 2 is 1.85 bits per heavy atom. The van der Waals surface area contributed by atoms with E-state index in [1.807, 2.05) is 24.3 Å². The highest BCUT2D eigenvalue weighted by Crippen LogP contribution is 2.34. The van der Waals surface area contributed by atoms with Crippen LogP contribution in [0.3, 0.4) is 0 Å². The van der Waals surface area contributed by atoms with Gasteiger partial charge in [0.25, 0.3) is 5.03 Å². The Balaban J connectivity index is 2.35. The molecule has 0 saturated heterocycles. The average Bonchev–Trinajstić information content (AvgIpc) is 2.46. The summed E-state index contributed by atoms with van der Waals surface area (Å²) < 4.78 is 12.9. The predicted octanol–water partition coefficient (Wildman–Crippen LogP) is 4.40. The number of benzene rings is 2. The van der Waals surface area contributed by atoms with Crippen LogP contribution >= 0.6 is 15.9 Å². The first-order chi connectivity index (χ1) is 9.66. The second-order valence-electron chi connectivity index (χ2n) is 4.48. The quantitative estimate of drug-likeness (QED) is 0.645. The number of aromatic nitrogens is 1. The fourth-order valence-corrected chi connectivity index (χ4v) is 3.49. The molecule has 1 atom stereocenters. The maximum atomic E-state index is 11.9. The number of hydrogen-bond donors (Lipinski definition) is 0. The lowest BCUT2D eigenvalue weighted by Gasteiger charge is -2.12. The minimum absolute atomic E-state index is 0.621. The van der Waals surface area contributed by atoms with Gasteiger partial charge >= 0.3 is 0 Å². The normalized spacial score (nSPS) is 12.6. The van der Waals surface area contributed by atoms with E-state index >= 15 is 0 Å². The lowest BCUT2D eigenvalue weighted by molar-refractivity contribution is 0.597. The molecule has 2 nitrogen and oxygen atoms in total. The van der Waals surface area contributed by atoms with Crippen molar-refractivity contribution in [2.75, 3.05) is 6.26 Å². The molecule has 1 aromatic heterocycles. The second-order valence-corrected chi connectivity index (χ2v) is 6.70. The molecule has 0 aliphatic carbocycles. The molecule has 0 spiro atoms. The van der Waals surface area contributed by atoms with Crippen LogP contribution in [0.5, 0.6) is 0 Å². The van der Waals surface area contributed by atoms with Gasteiger partial charge in [0.2, 0.25) is 0 Å². The third kappa shape index (κ3) is 2.46. The van der Waals surface area contributed by atoms with E-state index in [0.29, 0.717) is 5.03 Å². The van der Waals surface area contributed by atoms with Crippen molar-refractivity contribution in [3.8, 4) is 11.1 Å². The van der Waals surface area contributed by atoms with Gasteiger partial charge in [-0.15, -0.1) is 0 Å². The van der Waals surface area contributed by atoms with E-state index in [0.717, 1.165) is 26.4 Å². The molecule has 100 valence electrons. The first kappa shape index (κ1) is 13.6. The van der Waals surface area contributed by atoms with Gasteiger partial charge < -0.3 is 4.55 Å². The Kier molecular flexibility index (Phi) is 3.78. The first-order valence-electron chi connectivity index (χ1n) is 6.14. The van der Waals surface area contributed by atoms with Crippen LogP contribution in [-0.2, 0) is 11.2 Å². The average molecular weight is 346 g/mol. The van der Waals surface area contributed by atoms with E-state index in [4.69, 9.17) is 0 Å². The maximum Gasteiger partial charge on any atom is 0.252 e. The zero-order chi connectivity index (χ0) is 14.1. The molecule has 20 heavy (non-hydrogen) atoms. The highest BCUT2D eigenvalue weighted by atomic mass is 79.9. The molecule has 3 aromatic rings. The first-order valence-corrected chi connectivity index (χ1v) is 8.49. The van der Waals surface area contributed by atoms with E-state index < -0.39 is 11.2 Å². The van der Waals surface area contributed by atoms with Crippen LogP contribution in [0.4, 0.5) is 0 Å². The Morgan fingerprint density at radius 1 is 1.05 bits per heavy atom. The van der Waals surface area contributed by atoms with E-state index in [1.165, 1.54) is 0 Å². The zero-order valence-electron chi connectivity index (χ0n) is 10.8. The van der Waals surface area contributed by atoms with Crippen LogP contribution in [-0.4, -0.2) is 15.8 Å². The van der Waals surface area contributed by atoms with Gasteiger partial charge in [-0.05, 0) is 40.6 Å². The maximum absolute atomic E-state index is 11.9. The molecule has 1 unspecified atom stereocenters. The highest BCUT2D eigenvalue weighted by molar-refractivity contribution is 9.10. The van der Waals surface area contributed by atoms with Crippen molar-refractivity contribution in [1.82, 2.24) is 4.98 Å². The molecule has 0 aliphatic heterocycles. The molecule has 0 saturated carbocycles. The van der Waals surface area contributed by atoms with Crippen molar-refractivity contribution in [3.63, 3.8) is 0 Å². The van der Waals surface area contributed by atoms with Gasteiger partial charge in [0.05, 0.1) is 5.56 Å². The van der Waals surface area contributed by atoms with Gasteiger partial charge in [0, 0.05) is 21.8 Å². The van der Waals surface area contributed by atoms with Crippen LogP contribution < -0.4 is 0 Å². The molecule has 0 aliphatic rings. The standard InChI is InChI=1S/C16H12BrNOS/c1-20(19)16-14(7-4-8-18-16)15-10-12(17)9-11-5-2-3-6-13(11)15/h2-10H,1H3. The van der Waals surface area contributed by atoms with Gasteiger partial charge in [-0.1, -0.05) is 40.2 Å². The van der Waals surface area contributed by atoms with Crippen molar-refractivity contribution < 1.29 is 4.55 Å². The van der Waals surface area contributed by atoms with Crippen molar-refractivity contribution in [1.29, 1.82) is 0 Å². The minimum atomic E-state index is -1.12. The SMILES string of the molecule is C[S+]([O-])c1ncccc1-c1cc(Br)cc2ccccc12. The van der Waals surface area contributed by atoms with E-state index in [1.54, 1.807) is 12.5 Å². The molecule has 1 heterocycles. The van der Waals surface area contributed by atoms with Gasteiger partial charge in [0.15, 0.2) is 0 Å². The lowest BCUT2D eigenvalue weighted by Crippen LogP contribution is -2.03. The second kappa shape index (κ2) is 5.56. The fraction of sp³-hybridized carbons (Fsp3) is 0.0625. The van der Waals surface area contributed by atoms with Gasteiger partial charge in [-0.25, -0.2) is 4.98 Å². The Hall–Kier alpha value is -1.36. The molecule has 0 fully saturated rings. The molecule has 2 aromatic carbocycles. The van der Waals surface area contributed by atoms with Crippen molar-refractivity contribution in [2.24, 2.45) is 0 Å². The number of pyridine rings is 1. The largest absolute Gasteiger partial charge is 0.610 e. The van der Waals surface area contributed by atoms with Crippen molar-refractivity contribution in [2.45, 2.75) is 5.03 Å². The van der Waals surface area contributed by atoms with Crippen LogP contribution in [0.25, 0.3) is 21.9 Å². The van der Waals surface area contributed by atoms with E-state index in [-0.39, 0.29) is 0 Å². The number of fused-ring (bicyclic) bond motifs is 1. The topological polar surface area (TPSA) is 36.0 Å². The highest BCUT2D eigenvalue weighted by Gasteiger charge is 2.16. The third-order valence-corrected chi connectivity index (χ3v) is 4.49. The van der Waals surface area contributed by atoms with Crippen LogP contribution in [0, 0.1) is 0 Å². The summed E-state index contributed by atoms with van der Waals surface area (Å²) in [5.41, 5.74) is 1.97. The Bertz CT molecular complexity index is 773. The smallest absolute Gasteiger partial charge is 0.252 e. The molecular formula is C16H12BrNOS. The van der Waals surface area contributed by atoms with Crippen molar-refractivity contribution in [3.05, 3.63) is 59.2 Å². The van der Waals surface area contributed by atoms with Crippen molar-refractivity contribution >= 4 is 37.9 Å². The van der Waals surface area contributed by atoms with E-state index in [2.05, 4.69) is 45.2 Å². The van der Waals surface area contributed by atoms with Crippen LogP contribution in [0.1, 0.15) is 0 Å². The summed E-state index contributed by atoms with van der Waals surface area (Å²) >= 11 is 2.43. The summed E-state index contributed by atoms with van der Waals surface area (Å²) in [5.74, 6) is 0. The minimum Gasteiger partial charge on any atom is -0.610 e. The summed E-state index contributed by atoms with van der Waals surface area (Å²) in [6.07, 6.45) is 3.34. The van der Waals surface area contributed by atoms with Gasteiger partial charge in [0.1, 0.15) is 6.26 Å². The summed E-state index contributed by atoms with van der Waals surface area (Å²) in [5, 5.41) is 2.90. The van der Waals surface area contributed by atoms with Crippen LogP contribution in [0.15, 0.2) is 64.2 Å². The summed E-state index contributed by atoms with van der Waals surface area (Å²) in [4.78, 5) is 4.28. The van der Waals surface area contributed by atoms with E-state index in [9.17, 15) is 4.55 Å². The predicted molar refractivity (Wildman–Crippen MR) is 87.2 cm³/mol.